The number of nitrogens with one attached hydrogen (secondary N) is 2. The van der Waals surface area contributed by atoms with E-state index in [-0.39, 0.29) is 28.7 Å². The summed E-state index contributed by atoms with van der Waals surface area (Å²) >= 11 is 0. The molecule has 1 unspecified atom stereocenters. The van der Waals surface area contributed by atoms with Gasteiger partial charge in [-0.2, -0.15) is 5.10 Å². The molecule has 10 heteroatoms. The van der Waals surface area contributed by atoms with Crippen LogP contribution in [0.3, 0.4) is 0 Å². The maximum atomic E-state index is 13.3. The lowest BCUT2D eigenvalue weighted by Gasteiger charge is -2.23. The molecule has 0 bridgehead atoms. The van der Waals surface area contributed by atoms with E-state index < -0.39 is 21.3 Å². The minimum atomic E-state index is -3.20. The van der Waals surface area contributed by atoms with Crippen LogP contribution >= 0.6 is 0 Å². The summed E-state index contributed by atoms with van der Waals surface area (Å²) in [4.78, 5) is 33.9. The molecule has 0 saturated carbocycles. The van der Waals surface area contributed by atoms with Crippen molar-refractivity contribution in [1.82, 2.24) is 24.9 Å². The molecule has 1 atom stereocenters. The summed E-state index contributed by atoms with van der Waals surface area (Å²) in [6.07, 6.45) is 3.72. The van der Waals surface area contributed by atoms with Crippen molar-refractivity contribution in [2.24, 2.45) is 0 Å². The third-order valence-corrected chi connectivity index (χ3v) is 8.53. The molecule has 1 fully saturated rings. The molecule has 5 rings (SSSR count). The van der Waals surface area contributed by atoms with Crippen molar-refractivity contribution in [1.29, 1.82) is 0 Å². The van der Waals surface area contributed by atoms with Crippen LogP contribution in [0.4, 0.5) is 0 Å². The highest BCUT2D eigenvalue weighted by atomic mass is 32.2. The third-order valence-electron chi connectivity index (χ3n) is 6.63. The Morgan fingerprint density at radius 2 is 2.06 bits per heavy atom. The van der Waals surface area contributed by atoms with Crippen LogP contribution in [-0.2, 0) is 9.84 Å². The lowest BCUT2D eigenvalue weighted by Crippen LogP contribution is -2.47. The first-order valence-electron chi connectivity index (χ1n) is 11.5. The zero-order chi connectivity index (χ0) is 25.1. The van der Waals surface area contributed by atoms with Crippen LogP contribution in [0, 0.1) is 6.92 Å². The summed E-state index contributed by atoms with van der Waals surface area (Å²) in [6.45, 7) is 7.50. The summed E-state index contributed by atoms with van der Waals surface area (Å²) in [5.41, 5.74) is 2.89. The number of carbonyl (C=O) groups is 1. The molecule has 1 aliphatic rings. The number of aromatic amines is 1. The number of H-pyrrole nitrogens is 1. The van der Waals surface area contributed by atoms with Gasteiger partial charge in [0, 0.05) is 22.7 Å². The molecule has 4 heterocycles. The first-order valence-corrected chi connectivity index (χ1v) is 13.3. The Labute approximate surface area is 202 Å². The molecule has 1 aromatic carbocycles. The van der Waals surface area contributed by atoms with Crippen LogP contribution < -0.4 is 10.9 Å². The molecule has 1 amide bonds. The Morgan fingerprint density at radius 1 is 1.29 bits per heavy atom. The van der Waals surface area contributed by atoms with Gasteiger partial charge in [0.15, 0.2) is 15.5 Å². The number of rotatable bonds is 4. The first-order chi connectivity index (χ1) is 16.5. The summed E-state index contributed by atoms with van der Waals surface area (Å²) < 4.78 is 25.4. The predicted molar refractivity (Wildman–Crippen MR) is 135 cm³/mol. The van der Waals surface area contributed by atoms with Crippen LogP contribution in [0.15, 0.2) is 41.5 Å². The molecule has 35 heavy (non-hydrogen) atoms. The summed E-state index contributed by atoms with van der Waals surface area (Å²) in [7, 11) is -3.20. The fraction of sp³-hybridized carbons (Fsp3) is 0.360. The second-order valence-corrected chi connectivity index (χ2v) is 12.1. The molecular formula is C25H27N5O4S. The van der Waals surface area contributed by atoms with Crippen LogP contribution in [0.5, 0.6) is 0 Å². The van der Waals surface area contributed by atoms with Gasteiger partial charge < -0.3 is 10.3 Å². The fourth-order valence-electron chi connectivity index (χ4n) is 4.85. The van der Waals surface area contributed by atoms with Gasteiger partial charge in [-0.1, -0.05) is 26.0 Å². The van der Waals surface area contributed by atoms with Crippen LogP contribution in [0.1, 0.15) is 54.7 Å². The smallest absolute Gasteiger partial charge is 0.274 e. The largest absolute Gasteiger partial charge is 0.344 e. The van der Waals surface area contributed by atoms with Crippen molar-refractivity contribution in [2.75, 3.05) is 11.5 Å². The highest BCUT2D eigenvalue weighted by molar-refractivity contribution is 7.91. The molecule has 0 radical (unpaired) electrons. The Bertz CT molecular complexity index is 1670. The van der Waals surface area contributed by atoms with E-state index >= 15 is 0 Å². The fourth-order valence-corrected chi connectivity index (χ4v) is 6.94. The van der Waals surface area contributed by atoms with E-state index in [1.54, 1.807) is 19.3 Å². The van der Waals surface area contributed by atoms with Crippen molar-refractivity contribution in [2.45, 2.75) is 45.6 Å². The lowest BCUT2D eigenvalue weighted by molar-refractivity contribution is 0.0908. The number of nitrogens with zero attached hydrogens (tertiary/aromatic N) is 3. The topological polar surface area (TPSA) is 126 Å². The summed E-state index contributed by atoms with van der Waals surface area (Å²) in [5.74, 6) is -0.727. The van der Waals surface area contributed by atoms with Gasteiger partial charge in [-0.05, 0) is 43.9 Å². The predicted octanol–water partition coefficient (Wildman–Crippen LogP) is 2.98. The zero-order valence-electron chi connectivity index (χ0n) is 20.0. The number of pyridine rings is 1. The van der Waals surface area contributed by atoms with E-state index in [4.69, 9.17) is 0 Å². The quantitative estimate of drug-likeness (QED) is 0.450. The second kappa shape index (κ2) is 8.01. The van der Waals surface area contributed by atoms with E-state index in [1.165, 1.54) is 4.52 Å². The van der Waals surface area contributed by atoms with Crippen molar-refractivity contribution < 1.29 is 13.2 Å². The molecule has 0 spiro atoms. The second-order valence-electron chi connectivity index (χ2n) is 9.93. The molecular weight excluding hydrogens is 466 g/mol. The number of aryl methyl sites for hydroxylation is 1. The Balaban J connectivity index is 1.60. The Morgan fingerprint density at radius 3 is 2.74 bits per heavy atom. The van der Waals surface area contributed by atoms with Gasteiger partial charge in [0.1, 0.15) is 5.52 Å². The van der Waals surface area contributed by atoms with Gasteiger partial charge in [0.05, 0.1) is 34.5 Å². The van der Waals surface area contributed by atoms with E-state index in [1.807, 2.05) is 45.0 Å². The highest BCUT2D eigenvalue weighted by Gasteiger charge is 2.40. The van der Waals surface area contributed by atoms with Crippen molar-refractivity contribution in [3.05, 3.63) is 63.8 Å². The third kappa shape index (κ3) is 4.12. The number of benzene rings is 1. The minimum absolute atomic E-state index is 0.0360. The molecule has 4 aromatic rings. The number of hydrogen-bond donors (Lipinski definition) is 2. The van der Waals surface area contributed by atoms with Gasteiger partial charge in [0.2, 0.25) is 0 Å². The van der Waals surface area contributed by atoms with Gasteiger partial charge in [-0.15, -0.1) is 0 Å². The molecule has 9 nitrogen and oxygen atoms in total. The van der Waals surface area contributed by atoms with Gasteiger partial charge in [-0.3, -0.25) is 14.6 Å². The molecule has 3 aromatic heterocycles. The molecule has 0 aliphatic carbocycles. The van der Waals surface area contributed by atoms with Crippen LogP contribution in [0.2, 0.25) is 0 Å². The molecule has 1 saturated heterocycles. The standard InChI is InChI=1S/C25H27N5O4S/c1-14(2)20-21(23(31)28-25(4)8-9-35(33,34)13-25)29-30-12-19(27-24(32)22(20)30)16-10-17-15(3)6-5-7-18(17)26-11-16/h5-7,10-12,14H,8-9,13H2,1-4H3,(H,27,32)(H,28,31). The Hall–Kier alpha value is -3.53. The monoisotopic (exact) mass is 493 g/mol. The molecule has 1 aliphatic heterocycles. The van der Waals surface area contributed by atoms with E-state index in [0.29, 0.717) is 23.2 Å². The minimum Gasteiger partial charge on any atom is -0.344 e. The first kappa shape index (κ1) is 23.2. The number of carbonyl (C=O) groups excluding carboxylic acids is 1. The van der Waals surface area contributed by atoms with E-state index in [2.05, 4.69) is 20.4 Å². The van der Waals surface area contributed by atoms with Crippen molar-refractivity contribution >= 4 is 32.2 Å². The van der Waals surface area contributed by atoms with Gasteiger partial charge in [0.25, 0.3) is 11.5 Å². The van der Waals surface area contributed by atoms with E-state index in [0.717, 1.165) is 22.0 Å². The summed E-state index contributed by atoms with van der Waals surface area (Å²) in [5, 5.41) is 8.33. The van der Waals surface area contributed by atoms with Crippen molar-refractivity contribution in [3.8, 4) is 11.3 Å². The zero-order valence-corrected chi connectivity index (χ0v) is 20.9. The van der Waals surface area contributed by atoms with Crippen molar-refractivity contribution in [3.63, 3.8) is 0 Å². The van der Waals surface area contributed by atoms with Crippen LogP contribution in [-0.4, -0.2) is 51.0 Å². The average molecular weight is 494 g/mol. The number of aromatic nitrogens is 4. The average Bonchev–Trinajstić information content (AvgIpc) is 3.31. The van der Waals surface area contributed by atoms with Crippen LogP contribution in [0.25, 0.3) is 27.7 Å². The Kier molecular flexibility index (Phi) is 5.32. The number of hydrogen-bond acceptors (Lipinski definition) is 6. The number of amides is 1. The SMILES string of the molecule is Cc1cccc2ncc(-c3cn4nc(C(=O)NC5(C)CCS(=O)(=O)C5)c(C(C)C)c4c(=O)[nH]3)cc12. The summed E-state index contributed by atoms with van der Waals surface area (Å²) in [6, 6.07) is 7.85. The molecule has 2 N–H and O–H groups in total. The highest BCUT2D eigenvalue weighted by Crippen LogP contribution is 2.28. The maximum absolute atomic E-state index is 13.3. The normalized spacial score (nSPS) is 19.6. The van der Waals surface area contributed by atoms with E-state index in [9.17, 15) is 18.0 Å². The maximum Gasteiger partial charge on any atom is 0.274 e. The van der Waals surface area contributed by atoms with Gasteiger partial charge in [-0.25, -0.2) is 12.9 Å². The number of fused-ring (bicyclic) bond motifs is 2. The lowest BCUT2D eigenvalue weighted by atomic mass is 9.99. The number of sulfone groups is 1. The molecule has 182 valence electrons. The van der Waals surface area contributed by atoms with Gasteiger partial charge >= 0.3 is 0 Å².